The van der Waals surface area contributed by atoms with Crippen molar-refractivity contribution in [2.45, 2.75) is 19.3 Å². The summed E-state index contributed by atoms with van der Waals surface area (Å²) in [5.74, 6) is 0. The first kappa shape index (κ1) is 11.7. The Balaban J connectivity index is 2.87. The van der Waals surface area contributed by atoms with Crippen LogP contribution in [0.4, 0.5) is 13.2 Å². The molecule has 1 aromatic heterocycles. The van der Waals surface area contributed by atoms with Crippen LogP contribution >= 0.6 is 0 Å². The molecule has 0 aliphatic carbocycles. The maximum atomic E-state index is 12.0. The number of rotatable bonds is 4. The summed E-state index contributed by atoms with van der Waals surface area (Å²) in [6, 6.07) is 0. The van der Waals surface area contributed by atoms with Crippen molar-refractivity contribution in [3.8, 4) is 0 Å². The van der Waals surface area contributed by atoms with E-state index in [1.165, 1.54) is 7.11 Å². The number of hydrogen-bond acceptors (Lipinski definition) is 3. The van der Waals surface area contributed by atoms with Gasteiger partial charge in [-0.3, -0.25) is 9.48 Å². The summed E-state index contributed by atoms with van der Waals surface area (Å²) < 4.78 is 41.4. The second kappa shape index (κ2) is 4.43. The predicted molar refractivity (Wildman–Crippen MR) is 44.4 cm³/mol. The van der Waals surface area contributed by atoms with Crippen LogP contribution in [0, 0.1) is 0 Å². The lowest BCUT2D eigenvalue weighted by molar-refractivity contribution is -0.142. The van der Waals surface area contributed by atoms with Gasteiger partial charge in [-0.2, -0.15) is 18.3 Å². The molecule has 0 aliphatic rings. The van der Waals surface area contributed by atoms with Gasteiger partial charge in [-0.05, 0) is 0 Å². The number of ether oxygens (including phenoxy) is 1. The number of carbonyl (C=O) groups is 1. The zero-order chi connectivity index (χ0) is 11.5. The third kappa shape index (κ3) is 3.35. The molecular formula is C8H9F3N2O2. The van der Waals surface area contributed by atoms with Gasteiger partial charge >= 0.3 is 6.18 Å². The van der Waals surface area contributed by atoms with Crippen LogP contribution in [0.25, 0.3) is 0 Å². The highest BCUT2D eigenvalue weighted by molar-refractivity contribution is 5.75. The minimum absolute atomic E-state index is 0.0128. The van der Waals surface area contributed by atoms with Crippen molar-refractivity contribution in [3.63, 3.8) is 0 Å². The standard InChI is InChI=1S/C8H9F3N2O2/c1-15-4-7-6(3-14)2-13(12-7)5-8(9,10)11/h2-3H,4-5H2,1H3. The minimum Gasteiger partial charge on any atom is -0.378 e. The lowest BCUT2D eigenvalue weighted by Crippen LogP contribution is -2.18. The van der Waals surface area contributed by atoms with E-state index < -0.39 is 12.7 Å². The molecular weight excluding hydrogens is 213 g/mol. The maximum Gasteiger partial charge on any atom is 0.408 e. The molecule has 0 fully saturated rings. The van der Waals surface area contributed by atoms with Gasteiger partial charge in [0.2, 0.25) is 0 Å². The molecule has 0 unspecified atom stereocenters. The molecule has 0 radical (unpaired) electrons. The van der Waals surface area contributed by atoms with Crippen LogP contribution in [0.3, 0.4) is 0 Å². The summed E-state index contributed by atoms with van der Waals surface area (Å²) in [6.07, 6.45) is -2.85. The highest BCUT2D eigenvalue weighted by Crippen LogP contribution is 2.18. The van der Waals surface area contributed by atoms with E-state index in [4.69, 9.17) is 4.74 Å². The Hall–Kier alpha value is -1.37. The van der Waals surface area contributed by atoms with E-state index in [1.54, 1.807) is 0 Å². The highest BCUT2D eigenvalue weighted by Gasteiger charge is 2.28. The third-order valence-corrected chi connectivity index (χ3v) is 1.62. The summed E-state index contributed by atoms with van der Waals surface area (Å²) in [5.41, 5.74) is 0.317. The second-order valence-electron chi connectivity index (χ2n) is 2.89. The summed E-state index contributed by atoms with van der Waals surface area (Å²) in [7, 11) is 1.37. The molecule has 1 rings (SSSR count). The molecule has 0 amide bonds. The van der Waals surface area contributed by atoms with E-state index >= 15 is 0 Å². The average molecular weight is 222 g/mol. The van der Waals surface area contributed by atoms with Gasteiger partial charge in [-0.15, -0.1) is 0 Å². The van der Waals surface area contributed by atoms with Crippen LogP contribution in [0.1, 0.15) is 16.1 Å². The smallest absolute Gasteiger partial charge is 0.378 e. The Morgan fingerprint density at radius 2 is 2.27 bits per heavy atom. The van der Waals surface area contributed by atoms with Crippen LogP contribution in [0.15, 0.2) is 6.20 Å². The van der Waals surface area contributed by atoms with Crippen LogP contribution in [0.2, 0.25) is 0 Å². The number of aromatic nitrogens is 2. The molecule has 0 spiro atoms. The van der Waals surface area contributed by atoms with Gasteiger partial charge in [-0.1, -0.05) is 0 Å². The molecule has 0 saturated heterocycles. The number of aldehydes is 1. The van der Waals surface area contributed by atoms with Crippen LogP contribution < -0.4 is 0 Å². The topological polar surface area (TPSA) is 44.1 Å². The van der Waals surface area contributed by atoms with Crippen molar-refractivity contribution in [3.05, 3.63) is 17.5 Å². The summed E-state index contributed by atoms with van der Waals surface area (Å²) in [5, 5.41) is 3.60. The average Bonchev–Trinajstić information content (AvgIpc) is 2.45. The van der Waals surface area contributed by atoms with Gasteiger partial charge in [0.1, 0.15) is 6.54 Å². The van der Waals surface area contributed by atoms with Gasteiger partial charge in [0.05, 0.1) is 17.9 Å². The zero-order valence-electron chi connectivity index (χ0n) is 7.91. The van der Waals surface area contributed by atoms with Gasteiger partial charge < -0.3 is 4.74 Å². The molecule has 1 heterocycles. The molecule has 0 bridgehead atoms. The van der Waals surface area contributed by atoms with Crippen molar-refractivity contribution in [1.29, 1.82) is 0 Å². The van der Waals surface area contributed by atoms with Crippen molar-refractivity contribution in [2.24, 2.45) is 0 Å². The fourth-order valence-corrected chi connectivity index (χ4v) is 1.09. The Labute approximate surface area is 83.6 Å². The van der Waals surface area contributed by atoms with Crippen molar-refractivity contribution >= 4 is 6.29 Å². The Bertz CT molecular complexity index is 346. The fourth-order valence-electron chi connectivity index (χ4n) is 1.09. The SMILES string of the molecule is COCc1nn(CC(F)(F)F)cc1C=O. The molecule has 0 saturated carbocycles. The van der Waals surface area contributed by atoms with E-state index in [0.29, 0.717) is 11.0 Å². The first-order chi connectivity index (χ1) is 6.96. The van der Waals surface area contributed by atoms with Gasteiger partial charge in [0.15, 0.2) is 6.29 Å². The quantitative estimate of drug-likeness (QED) is 0.723. The number of carbonyl (C=O) groups excluding carboxylic acids is 1. The minimum atomic E-state index is -4.35. The van der Waals surface area contributed by atoms with Crippen molar-refractivity contribution in [2.75, 3.05) is 7.11 Å². The van der Waals surface area contributed by atoms with E-state index in [-0.39, 0.29) is 17.9 Å². The van der Waals surface area contributed by atoms with E-state index in [9.17, 15) is 18.0 Å². The number of nitrogens with zero attached hydrogens (tertiary/aromatic N) is 2. The van der Waals surface area contributed by atoms with E-state index in [2.05, 4.69) is 5.10 Å². The van der Waals surface area contributed by atoms with Crippen molar-refractivity contribution in [1.82, 2.24) is 9.78 Å². The second-order valence-corrected chi connectivity index (χ2v) is 2.89. The molecule has 0 aliphatic heterocycles. The molecule has 0 N–H and O–H groups in total. The Morgan fingerprint density at radius 3 is 2.73 bits per heavy atom. The highest BCUT2D eigenvalue weighted by atomic mass is 19.4. The largest absolute Gasteiger partial charge is 0.408 e. The molecule has 7 heteroatoms. The van der Waals surface area contributed by atoms with Gasteiger partial charge in [0, 0.05) is 13.3 Å². The molecule has 4 nitrogen and oxygen atoms in total. The third-order valence-electron chi connectivity index (χ3n) is 1.62. The van der Waals surface area contributed by atoms with Crippen molar-refractivity contribution < 1.29 is 22.7 Å². The lowest BCUT2D eigenvalue weighted by atomic mass is 10.3. The number of methoxy groups -OCH3 is 1. The van der Waals surface area contributed by atoms with E-state index in [0.717, 1.165) is 6.20 Å². The Kier molecular flexibility index (Phi) is 3.46. The number of hydrogen-bond donors (Lipinski definition) is 0. The molecule has 0 aromatic carbocycles. The number of alkyl halides is 3. The zero-order valence-corrected chi connectivity index (χ0v) is 7.91. The van der Waals surface area contributed by atoms with Gasteiger partial charge in [0.25, 0.3) is 0 Å². The predicted octanol–water partition coefficient (Wildman–Crippen LogP) is 1.40. The summed E-state index contributed by atoms with van der Waals surface area (Å²) in [4.78, 5) is 10.5. The molecule has 84 valence electrons. The maximum absolute atomic E-state index is 12.0. The molecule has 0 atom stereocenters. The number of halogens is 3. The molecule has 15 heavy (non-hydrogen) atoms. The normalized spacial score (nSPS) is 11.7. The van der Waals surface area contributed by atoms with Gasteiger partial charge in [-0.25, -0.2) is 0 Å². The van der Waals surface area contributed by atoms with Crippen LogP contribution in [-0.2, 0) is 17.9 Å². The summed E-state index contributed by atoms with van der Waals surface area (Å²) in [6.45, 7) is -1.20. The Morgan fingerprint density at radius 1 is 1.60 bits per heavy atom. The van der Waals surface area contributed by atoms with Crippen LogP contribution in [0.5, 0.6) is 0 Å². The first-order valence-corrected chi connectivity index (χ1v) is 4.03. The first-order valence-electron chi connectivity index (χ1n) is 4.03. The monoisotopic (exact) mass is 222 g/mol. The van der Waals surface area contributed by atoms with Crippen LogP contribution in [-0.4, -0.2) is 29.4 Å². The summed E-state index contributed by atoms with van der Waals surface area (Å²) >= 11 is 0. The fraction of sp³-hybridized carbons (Fsp3) is 0.500. The lowest BCUT2D eigenvalue weighted by Gasteiger charge is -2.05. The van der Waals surface area contributed by atoms with E-state index in [1.807, 2.05) is 0 Å². The molecule has 1 aromatic rings.